The first kappa shape index (κ1) is 18.7. The second-order valence-electron chi connectivity index (χ2n) is 6.97. The molecule has 3 aromatic rings. The molecule has 6 heteroatoms. The number of aromatic nitrogens is 2. The van der Waals surface area contributed by atoms with Crippen LogP contribution in [-0.4, -0.2) is 33.6 Å². The van der Waals surface area contributed by atoms with E-state index in [-0.39, 0.29) is 6.03 Å². The number of halogens is 1. The summed E-state index contributed by atoms with van der Waals surface area (Å²) in [6.07, 6.45) is 8.14. The number of nitrogens with zero attached hydrogens (tertiary/aromatic N) is 3. The standard InChI is InChI=1S/C22H23BrN4O/c1-2-12-27-15-20(19-4-3-11-24-21(19)27)16-9-13-26(14-10-16)22(28)25-18-7-5-17(23)6-8-18/h3-9,11,15H,2,10,12-14H2,1H3,(H,25,28). The lowest BCUT2D eigenvalue weighted by Crippen LogP contribution is -2.37. The van der Waals surface area contributed by atoms with Crippen molar-refractivity contribution in [2.75, 3.05) is 18.4 Å². The van der Waals surface area contributed by atoms with Crippen molar-refractivity contribution in [3.05, 3.63) is 64.9 Å². The zero-order valence-electron chi connectivity index (χ0n) is 15.9. The molecule has 0 unspecified atom stereocenters. The summed E-state index contributed by atoms with van der Waals surface area (Å²) in [6.45, 7) is 4.45. The quantitative estimate of drug-likeness (QED) is 0.581. The zero-order chi connectivity index (χ0) is 19.5. The molecule has 1 aliphatic heterocycles. The zero-order valence-corrected chi connectivity index (χ0v) is 17.4. The number of carbonyl (C=O) groups is 1. The predicted molar refractivity (Wildman–Crippen MR) is 117 cm³/mol. The van der Waals surface area contributed by atoms with Crippen LogP contribution < -0.4 is 5.32 Å². The Labute approximate surface area is 173 Å². The summed E-state index contributed by atoms with van der Waals surface area (Å²) in [4.78, 5) is 19.0. The number of fused-ring (bicyclic) bond motifs is 1. The van der Waals surface area contributed by atoms with Crippen molar-refractivity contribution in [3.63, 3.8) is 0 Å². The lowest BCUT2D eigenvalue weighted by atomic mass is 10.00. The Morgan fingerprint density at radius 2 is 2.07 bits per heavy atom. The number of anilines is 1. The van der Waals surface area contributed by atoms with Gasteiger partial charge in [0.15, 0.2) is 0 Å². The first-order valence-corrected chi connectivity index (χ1v) is 10.4. The molecule has 3 heterocycles. The highest BCUT2D eigenvalue weighted by molar-refractivity contribution is 9.10. The molecule has 144 valence electrons. The van der Waals surface area contributed by atoms with Gasteiger partial charge in [0.05, 0.1) is 0 Å². The van der Waals surface area contributed by atoms with Gasteiger partial charge in [-0.1, -0.05) is 28.9 Å². The summed E-state index contributed by atoms with van der Waals surface area (Å²) in [7, 11) is 0. The van der Waals surface area contributed by atoms with Crippen LogP contribution in [0.1, 0.15) is 25.3 Å². The molecule has 0 spiro atoms. The molecular formula is C22H23BrN4O. The lowest BCUT2D eigenvalue weighted by molar-refractivity contribution is 0.217. The van der Waals surface area contributed by atoms with E-state index in [4.69, 9.17) is 0 Å². The molecule has 2 aromatic heterocycles. The fraction of sp³-hybridized carbons (Fsp3) is 0.273. The van der Waals surface area contributed by atoms with Gasteiger partial charge in [0.2, 0.25) is 0 Å². The molecule has 0 saturated carbocycles. The van der Waals surface area contributed by atoms with Crippen molar-refractivity contribution in [2.24, 2.45) is 0 Å². The van der Waals surface area contributed by atoms with Gasteiger partial charge in [-0.2, -0.15) is 0 Å². The molecule has 0 atom stereocenters. The number of amides is 2. The number of benzene rings is 1. The summed E-state index contributed by atoms with van der Waals surface area (Å²) >= 11 is 3.41. The van der Waals surface area contributed by atoms with Crippen LogP contribution in [0.5, 0.6) is 0 Å². The Morgan fingerprint density at radius 1 is 1.25 bits per heavy atom. The highest BCUT2D eigenvalue weighted by atomic mass is 79.9. The predicted octanol–water partition coefficient (Wildman–Crippen LogP) is 5.53. The Morgan fingerprint density at radius 3 is 2.79 bits per heavy atom. The van der Waals surface area contributed by atoms with E-state index >= 15 is 0 Å². The lowest BCUT2D eigenvalue weighted by Gasteiger charge is -2.26. The van der Waals surface area contributed by atoms with Crippen molar-refractivity contribution in [1.29, 1.82) is 0 Å². The Balaban J connectivity index is 1.50. The minimum Gasteiger partial charge on any atom is -0.332 e. The highest BCUT2D eigenvalue weighted by Crippen LogP contribution is 2.30. The summed E-state index contributed by atoms with van der Waals surface area (Å²) in [5.74, 6) is 0. The number of hydrogen-bond acceptors (Lipinski definition) is 2. The van der Waals surface area contributed by atoms with E-state index < -0.39 is 0 Å². The van der Waals surface area contributed by atoms with E-state index in [1.165, 1.54) is 16.5 Å². The van der Waals surface area contributed by atoms with Gasteiger partial charge in [0, 0.05) is 53.1 Å². The minimum atomic E-state index is -0.0623. The van der Waals surface area contributed by atoms with Gasteiger partial charge in [-0.05, 0) is 54.8 Å². The van der Waals surface area contributed by atoms with Crippen LogP contribution in [0.2, 0.25) is 0 Å². The second-order valence-corrected chi connectivity index (χ2v) is 7.89. The molecule has 0 radical (unpaired) electrons. The van der Waals surface area contributed by atoms with E-state index in [0.29, 0.717) is 13.1 Å². The number of carbonyl (C=O) groups excluding carboxylic acids is 1. The van der Waals surface area contributed by atoms with Gasteiger partial charge in [-0.3, -0.25) is 0 Å². The van der Waals surface area contributed by atoms with E-state index in [1.54, 1.807) is 0 Å². The molecule has 5 nitrogen and oxygen atoms in total. The maximum absolute atomic E-state index is 12.6. The largest absolute Gasteiger partial charge is 0.332 e. The molecule has 0 aliphatic carbocycles. The van der Waals surface area contributed by atoms with Crippen LogP contribution in [0.15, 0.2) is 59.3 Å². The molecule has 1 N–H and O–H groups in total. The molecule has 28 heavy (non-hydrogen) atoms. The Bertz CT molecular complexity index is 1020. The van der Waals surface area contributed by atoms with Crippen LogP contribution in [0.4, 0.5) is 10.5 Å². The van der Waals surface area contributed by atoms with Crippen molar-refractivity contribution in [1.82, 2.24) is 14.5 Å². The maximum Gasteiger partial charge on any atom is 0.322 e. The third kappa shape index (κ3) is 3.83. The van der Waals surface area contributed by atoms with Crippen LogP contribution in [-0.2, 0) is 6.54 Å². The summed E-state index contributed by atoms with van der Waals surface area (Å²) in [5.41, 5.74) is 4.37. The Hall–Kier alpha value is -2.60. The second kappa shape index (κ2) is 8.19. The first-order valence-electron chi connectivity index (χ1n) is 9.60. The van der Waals surface area contributed by atoms with Crippen molar-refractivity contribution < 1.29 is 4.79 Å². The average Bonchev–Trinajstić information content (AvgIpc) is 3.09. The first-order chi connectivity index (χ1) is 13.7. The van der Waals surface area contributed by atoms with Gasteiger partial charge in [0.1, 0.15) is 5.65 Å². The summed E-state index contributed by atoms with van der Waals surface area (Å²) < 4.78 is 3.23. The normalized spacial score (nSPS) is 14.2. The van der Waals surface area contributed by atoms with E-state index in [1.807, 2.05) is 41.4 Å². The van der Waals surface area contributed by atoms with E-state index in [9.17, 15) is 4.79 Å². The average molecular weight is 439 g/mol. The van der Waals surface area contributed by atoms with Crippen LogP contribution in [0, 0.1) is 0 Å². The number of aryl methyl sites for hydroxylation is 1. The molecule has 0 saturated heterocycles. The molecular weight excluding hydrogens is 416 g/mol. The topological polar surface area (TPSA) is 50.2 Å². The van der Waals surface area contributed by atoms with Gasteiger partial charge in [-0.25, -0.2) is 9.78 Å². The molecule has 0 bridgehead atoms. The summed E-state index contributed by atoms with van der Waals surface area (Å²) in [6, 6.07) is 11.7. The van der Waals surface area contributed by atoms with E-state index in [0.717, 1.165) is 35.2 Å². The van der Waals surface area contributed by atoms with Gasteiger partial charge >= 0.3 is 6.03 Å². The number of hydrogen-bond donors (Lipinski definition) is 1. The smallest absolute Gasteiger partial charge is 0.322 e. The van der Waals surface area contributed by atoms with Crippen LogP contribution in [0.25, 0.3) is 16.6 Å². The van der Waals surface area contributed by atoms with Crippen molar-refractivity contribution in [3.8, 4) is 0 Å². The number of nitrogens with one attached hydrogen (secondary N) is 1. The molecule has 4 rings (SSSR count). The fourth-order valence-corrected chi connectivity index (χ4v) is 3.89. The fourth-order valence-electron chi connectivity index (χ4n) is 3.62. The number of urea groups is 1. The minimum absolute atomic E-state index is 0.0623. The van der Waals surface area contributed by atoms with Gasteiger partial charge in [-0.15, -0.1) is 0 Å². The van der Waals surface area contributed by atoms with Gasteiger partial charge < -0.3 is 14.8 Å². The molecule has 1 aromatic carbocycles. The van der Waals surface area contributed by atoms with Crippen molar-refractivity contribution in [2.45, 2.75) is 26.3 Å². The van der Waals surface area contributed by atoms with Crippen LogP contribution >= 0.6 is 15.9 Å². The summed E-state index contributed by atoms with van der Waals surface area (Å²) in [5, 5.41) is 4.16. The third-order valence-corrected chi connectivity index (χ3v) is 5.56. The van der Waals surface area contributed by atoms with E-state index in [2.05, 4.69) is 56.1 Å². The van der Waals surface area contributed by atoms with Gasteiger partial charge in [0.25, 0.3) is 0 Å². The highest BCUT2D eigenvalue weighted by Gasteiger charge is 2.20. The van der Waals surface area contributed by atoms with Crippen LogP contribution in [0.3, 0.4) is 0 Å². The number of rotatable bonds is 4. The number of pyridine rings is 1. The molecule has 2 amide bonds. The third-order valence-electron chi connectivity index (χ3n) is 5.04. The molecule has 0 fully saturated rings. The maximum atomic E-state index is 12.6. The molecule has 1 aliphatic rings. The SMILES string of the molecule is CCCn1cc(C2=CCN(C(=O)Nc3ccc(Br)cc3)CC2)c2cccnc21. The Kier molecular flexibility index (Phi) is 5.48. The monoisotopic (exact) mass is 438 g/mol. The van der Waals surface area contributed by atoms with Crippen molar-refractivity contribution >= 4 is 44.3 Å².